The minimum Gasteiger partial charge on any atom is -0.495 e. The highest BCUT2D eigenvalue weighted by Gasteiger charge is 2.17. The Balaban J connectivity index is 2.13. The molecule has 0 saturated heterocycles. The van der Waals surface area contributed by atoms with Crippen LogP contribution in [0.5, 0.6) is 17.2 Å². The zero-order valence-electron chi connectivity index (χ0n) is 14.4. The molecule has 8 nitrogen and oxygen atoms in total. The summed E-state index contributed by atoms with van der Waals surface area (Å²) < 4.78 is 15.6. The number of benzene rings is 2. The molecule has 0 unspecified atom stereocenters. The van der Waals surface area contributed by atoms with E-state index in [0.29, 0.717) is 22.2 Å². The van der Waals surface area contributed by atoms with Gasteiger partial charge in [-0.05, 0) is 18.6 Å². The highest BCUT2D eigenvalue weighted by molar-refractivity contribution is 6.32. The molecule has 0 radical (unpaired) electrons. The molecule has 2 rings (SSSR count). The van der Waals surface area contributed by atoms with Crippen molar-refractivity contribution in [3.05, 3.63) is 51.0 Å². The van der Waals surface area contributed by atoms with E-state index in [1.165, 1.54) is 38.5 Å². The molecular formula is C17H17ClN2O6. The predicted molar refractivity (Wildman–Crippen MR) is 96.5 cm³/mol. The van der Waals surface area contributed by atoms with Crippen LogP contribution in [0.15, 0.2) is 30.3 Å². The molecule has 2 aromatic rings. The van der Waals surface area contributed by atoms with Crippen molar-refractivity contribution in [1.82, 2.24) is 0 Å². The summed E-state index contributed by atoms with van der Waals surface area (Å²) in [5, 5.41) is 14.0. The van der Waals surface area contributed by atoms with Crippen LogP contribution in [-0.2, 0) is 4.79 Å². The first-order valence-corrected chi connectivity index (χ1v) is 7.82. The molecule has 0 fully saturated rings. The van der Waals surface area contributed by atoms with E-state index in [1.54, 1.807) is 13.0 Å². The van der Waals surface area contributed by atoms with Crippen LogP contribution in [-0.4, -0.2) is 31.7 Å². The summed E-state index contributed by atoms with van der Waals surface area (Å²) in [4.78, 5) is 22.6. The molecule has 0 heterocycles. The summed E-state index contributed by atoms with van der Waals surface area (Å²) in [6.07, 6.45) is 0. The first-order chi connectivity index (χ1) is 12.3. The second-order valence-electron chi connectivity index (χ2n) is 5.25. The number of nitrogens with one attached hydrogen (secondary N) is 1. The molecular weight excluding hydrogens is 364 g/mol. The second kappa shape index (κ2) is 8.39. The van der Waals surface area contributed by atoms with Crippen molar-refractivity contribution < 1.29 is 23.9 Å². The van der Waals surface area contributed by atoms with E-state index >= 15 is 0 Å². The maximum Gasteiger partial charge on any atom is 0.310 e. The van der Waals surface area contributed by atoms with Crippen molar-refractivity contribution in [2.24, 2.45) is 0 Å². The van der Waals surface area contributed by atoms with Gasteiger partial charge in [0.15, 0.2) is 12.4 Å². The van der Waals surface area contributed by atoms with Gasteiger partial charge in [-0.25, -0.2) is 0 Å². The third kappa shape index (κ3) is 4.54. The van der Waals surface area contributed by atoms with E-state index in [1.807, 2.05) is 0 Å². The first kappa shape index (κ1) is 19.3. The number of aryl methyl sites for hydroxylation is 1. The minimum absolute atomic E-state index is 0.0193. The Labute approximate surface area is 154 Å². The number of anilines is 1. The van der Waals surface area contributed by atoms with Crippen LogP contribution in [0.3, 0.4) is 0 Å². The number of nitrogens with zero attached hydrogens (tertiary/aromatic N) is 1. The second-order valence-corrected chi connectivity index (χ2v) is 5.66. The van der Waals surface area contributed by atoms with Crippen LogP contribution in [0.2, 0.25) is 5.02 Å². The standard InChI is InChI=1S/C17H17ClN2O6/c1-10-4-5-13(20(22)23)16(6-10)26-9-17(21)19-12-8-14(24-2)11(18)7-15(12)25-3/h4-8H,9H2,1-3H3,(H,19,21). The van der Waals surface area contributed by atoms with E-state index in [4.69, 9.17) is 25.8 Å². The molecule has 0 aromatic heterocycles. The Bertz CT molecular complexity index is 840. The van der Waals surface area contributed by atoms with Gasteiger partial charge in [-0.1, -0.05) is 17.7 Å². The Kier molecular flexibility index (Phi) is 6.24. The van der Waals surface area contributed by atoms with E-state index < -0.39 is 17.4 Å². The van der Waals surface area contributed by atoms with E-state index in [-0.39, 0.29) is 11.4 Å². The van der Waals surface area contributed by atoms with Crippen LogP contribution in [0, 0.1) is 17.0 Å². The van der Waals surface area contributed by atoms with Crippen molar-refractivity contribution in [3.8, 4) is 17.2 Å². The van der Waals surface area contributed by atoms with E-state index in [2.05, 4.69) is 5.32 Å². The molecule has 9 heteroatoms. The average Bonchev–Trinajstić information content (AvgIpc) is 2.60. The van der Waals surface area contributed by atoms with Gasteiger partial charge < -0.3 is 19.5 Å². The normalized spacial score (nSPS) is 10.2. The van der Waals surface area contributed by atoms with Gasteiger partial charge in [0.05, 0.1) is 29.9 Å². The number of methoxy groups -OCH3 is 2. The molecule has 0 bridgehead atoms. The fourth-order valence-electron chi connectivity index (χ4n) is 2.18. The maximum atomic E-state index is 12.2. The molecule has 138 valence electrons. The molecule has 1 amide bonds. The predicted octanol–water partition coefficient (Wildman–Crippen LogP) is 3.59. The molecule has 0 atom stereocenters. The molecule has 0 aliphatic heterocycles. The smallest absolute Gasteiger partial charge is 0.310 e. The molecule has 26 heavy (non-hydrogen) atoms. The molecule has 0 aliphatic carbocycles. The van der Waals surface area contributed by atoms with Crippen LogP contribution < -0.4 is 19.5 Å². The number of ether oxygens (including phenoxy) is 3. The van der Waals surface area contributed by atoms with Gasteiger partial charge in [-0.3, -0.25) is 14.9 Å². The fourth-order valence-corrected chi connectivity index (χ4v) is 2.41. The van der Waals surface area contributed by atoms with Gasteiger partial charge in [0.2, 0.25) is 0 Å². The monoisotopic (exact) mass is 380 g/mol. The van der Waals surface area contributed by atoms with Crippen LogP contribution in [0.25, 0.3) is 0 Å². The molecule has 2 aromatic carbocycles. The summed E-state index contributed by atoms with van der Waals surface area (Å²) in [5.74, 6) is 0.193. The van der Waals surface area contributed by atoms with Crippen molar-refractivity contribution in [2.75, 3.05) is 26.1 Å². The van der Waals surface area contributed by atoms with Crippen molar-refractivity contribution in [1.29, 1.82) is 0 Å². The summed E-state index contributed by atoms with van der Waals surface area (Å²) in [6, 6.07) is 7.43. The molecule has 0 saturated carbocycles. The zero-order valence-corrected chi connectivity index (χ0v) is 15.1. The Hall–Kier alpha value is -3.00. The maximum absolute atomic E-state index is 12.2. The summed E-state index contributed by atoms with van der Waals surface area (Å²) in [5.41, 5.74) is 0.894. The average molecular weight is 381 g/mol. The van der Waals surface area contributed by atoms with Gasteiger partial charge in [0.25, 0.3) is 5.91 Å². The Morgan fingerprint density at radius 2 is 1.85 bits per heavy atom. The third-order valence-electron chi connectivity index (χ3n) is 3.42. The van der Waals surface area contributed by atoms with Gasteiger partial charge in [0, 0.05) is 18.2 Å². The summed E-state index contributed by atoms with van der Waals surface area (Å²) in [7, 11) is 2.87. The van der Waals surface area contributed by atoms with Gasteiger partial charge in [-0.2, -0.15) is 0 Å². The van der Waals surface area contributed by atoms with Crippen molar-refractivity contribution in [2.45, 2.75) is 6.92 Å². The Morgan fingerprint density at radius 3 is 2.46 bits per heavy atom. The van der Waals surface area contributed by atoms with Crippen LogP contribution >= 0.6 is 11.6 Å². The summed E-state index contributed by atoms with van der Waals surface area (Å²) in [6.45, 7) is 1.35. The SMILES string of the molecule is COc1cc(NC(=O)COc2cc(C)ccc2[N+](=O)[O-])c(OC)cc1Cl. The lowest BCUT2D eigenvalue weighted by Crippen LogP contribution is -2.21. The number of rotatable bonds is 7. The highest BCUT2D eigenvalue weighted by Crippen LogP contribution is 2.36. The number of halogens is 1. The number of hydrogen-bond acceptors (Lipinski definition) is 6. The zero-order chi connectivity index (χ0) is 19.3. The van der Waals surface area contributed by atoms with Crippen LogP contribution in [0.4, 0.5) is 11.4 Å². The topological polar surface area (TPSA) is 99.9 Å². The molecule has 0 aliphatic rings. The van der Waals surface area contributed by atoms with Crippen molar-refractivity contribution >= 4 is 28.9 Å². The minimum atomic E-state index is -0.570. The third-order valence-corrected chi connectivity index (χ3v) is 3.71. The number of amides is 1. The van der Waals surface area contributed by atoms with Gasteiger partial charge in [0.1, 0.15) is 11.5 Å². The van der Waals surface area contributed by atoms with Crippen LogP contribution in [0.1, 0.15) is 5.56 Å². The fraction of sp³-hybridized carbons (Fsp3) is 0.235. The number of carbonyl (C=O) groups is 1. The summed E-state index contributed by atoms with van der Waals surface area (Å²) >= 11 is 6.01. The largest absolute Gasteiger partial charge is 0.495 e. The number of hydrogen-bond donors (Lipinski definition) is 1. The molecule has 1 N–H and O–H groups in total. The highest BCUT2D eigenvalue weighted by atomic mass is 35.5. The lowest BCUT2D eigenvalue weighted by atomic mass is 10.2. The number of carbonyl (C=O) groups excluding carboxylic acids is 1. The number of nitro groups is 1. The Morgan fingerprint density at radius 1 is 1.15 bits per heavy atom. The first-order valence-electron chi connectivity index (χ1n) is 7.45. The van der Waals surface area contributed by atoms with Gasteiger partial charge >= 0.3 is 5.69 Å². The molecule has 0 spiro atoms. The van der Waals surface area contributed by atoms with Gasteiger partial charge in [-0.15, -0.1) is 0 Å². The van der Waals surface area contributed by atoms with E-state index in [9.17, 15) is 14.9 Å². The number of nitro benzene ring substituents is 1. The lowest BCUT2D eigenvalue weighted by Gasteiger charge is -2.13. The van der Waals surface area contributed by atoms with Crippen molar-refractivity contribution in [3.63, 3.8) is 0 Å². The quantitative estimate of drug-likeness (QED) is 0.582. The van der Waals surface area contributed by atoms with E-state index in [0.717, 1.165) is 5.56 Å². The lowest BCUT2D eigenvalue weighted by molar-refractivity contribution is -0.385.